The van der Waals surface area contributed by atoms with Crippen molar-refractivity contribution in [3.8, 4) is 0 Å². The number of anilines is 1. The predicted molar refractivity (Wildman–Crippen MR) is 83.7 cm³/mol. The molecule has 0 bridgehead atoms. The SMILES string of the molecule is Nc1cccc(Br)c1Cn1ccc2sccc2c1=O. The molecule has 2 heterocycles. The quantitative estimate of drug-likeness (QED) is 0.729. The van der Waals surface area contributed by atoms with Crippen LogP contribution >= 0.6 is 27.3 Å². The Kier molecular flexibility index (Phi) is 3.16. The fourth-order valence-corrected chi connectivity index (χ4v) is 3.32. The Bertz CT molecular complexity index is 786. The molecule has 0 atom stereocenters. The first kappa shape index (κ1) is 12.4. The number of pyridine rings is 1. The lowest BCUT2D eigenvalue weighted by atomic mass is 10.2. The zero-order chi connectivity index (χ0) is 13.4. The predicted octanol–water partition coefficient (Wildman–Crippen LogP) is 3.46. The molecule has 0 aliphatic heterocycles. The Labute approximate surface area is 122 Å². The van der Waals surface area contributed by atoms with E-state index in [1.165, 1.54) is 0 Å². The van der Waals surface area contributed by atoms with Gasteiger partial charge in [0.15, 0.2) is 0 Å². The number of nitrogens with zero attached hydrogens (tertiary/aromatic N) is 1. The van der Waals surface area contributed by atoms with Crippen molar-refractivity contribution >= 4 is 43.0 Å². The van der Waals surface area contributed by atoms with Crippen molar-refractivity contribution < 1.29 is 0 Å². The minimum absolute atomic E-state index is 0.0221. The van der Waals surface area contributed by atoms with E-state index in [4.69, 9.17) is 5.73 Å². The molecule has 3 rings (SSSR count). The smallest absolute Gasteiger partial charge is 0.259 e. The van der Waals surface area contributed by atoms with E-state index in [0.29, 0.717) is 12.2 Å². The maximum Gasteiger partial charge on any atom is 0.259 e. The molecule has 0 amide bonds. The molecule has 1 aromatic carbocycles. The van der Waals surface area contributed by atoms with E-state index >= 15 is 0 Å². The molecule has 0 saturated heterocycles. The van der Waals surface area contributed by atoms with Crippen molar-refractivity contribution in [3.63, 3.8) is 0 Å². The molecular formula is C14H11BrN2OS. The molecule has 2 N–H and O–H groups in total. The summed E-state index contributed by atoms with van der Waals surface area (Å²) in [5.74, 6) is 0. The lowest BCUT2D eigenvalue weighted by Crippen LogP contribution is -2.20. The van der Waals surface area contributed by atoms with Crippen LogP contribution in [0.25, 0.3) is 10.1 Å². The van der Waals surface area contributed by atoms with Crippen molar-refractivity contribution in [2.75, 3.05) is 5.73 Å². The number of nitrogen functional groups attached to an aromatic ring is 1. The normalized spacial score (nSPS) is 11.0. The zero-order valence-electron chi connectivity index (χ0n) is 9.97. The lowest BCUT2D eigenvalue weighted by molar-refractivity contribution is 0.767. The first-order valence-corrected chi connectivity index (χ1v) is 7.43. The number of hydrogen-bond acceptors (Lipinski definition) is 3. The summed E-state index contributed by atoms with van der Waals surface area (Å²) in [6.45, 7) is 0.470. The first-order valence-electron chi connectivity index (χ1n) is 5.76. The average Bonchev–Trinajstić information content (AvgIpc) is 2.85. The summed E-state index contributed by atoms with van der Waals surface area (Å²) in [6, 6.07) is 9.48. The molecule has 3 nitrogen and oxygen atoms in total. The van der Waals surface area contributed by atoms with Crippen LogP contribution in [0.4, 0.5) is 5.69 Å². The number of benzene rings is 1. The molecule has 0 aliphatic carbocycles. The number of nitrogens with two attached hydrogens (primary N) is 1. The second-order valence-electron chi connectivity index (χ2n) is 4.25. The van der Waals surface area contributed by atoms with E-state index in [1.54, 1.807) is 15.9 Å². The van der Waals surface area contributed by atoms with Gasteiger partial charge in [0.1, 0.15) is 0 Å². The second-order valence-corrected chi connectivity index (χ2v) is 6.06. The van der Waals surface area contributed by atoms with Crippen LogP contribution in [0.2, 0.25) is 0 Å². The van der Waals surface area contributed by atoms with Crippen LogP contribution < -0.4 is 11.3 Å². The molecule has 2 aromatic heterocycles. The zero-order valence-corrected chi connectivity index (χ0v) is 12.4. The van der Waals surface area contributed by atoms with E-state index in [1.807, 2.05) is 41.9 Å². The number of halogens is 1. The summed E-state index contributed by atoms with van der Waals surface area (Å²) in [5.41, 5.74) is 7.61. The van der Waals surface area contributed by atoms with Gasteiger partial charge >= 0.3 is 0 Å². The van der Waals surface area contributed by atoms with Crippen LogP contribution in [0.1, 0.15) is 5.56 Å². The number of aromatic nitrogens is 1. The van der Waals surface area contributed by atoms with E-state index in [9.17, 15) is 4.79 Å². The molecule has 0 fully saturated rings. The standard InChI is InChI=1S/C14H11BrN2OS/c15-11-2-1-3-12(16)10(11)8-17-6-4-13-9(14(17)18)5-7-19-13/h1-7H,8,16H2. The third-order valence-electron chi connectivity index (χ3n) is 3.08. The first-order chi connectivity index (χ1) is 9.16. The number of fused-ring (bicyclic) bond motifs is 1. The molecule has 0 radical (unpaired) electrons. The number of rotatable bonds is 2. The van der Waals surface area contributed by atoms with Crippen LogP contribution in [-0.2, 0) is 6.54 Å². The highest BCUT2D eigenvalue weighted by molar-refractivity contribution is 9.10. The van der Waals surface area contributed by atoms with Gasteiger partial charge in [-0.1, -0.05) is 22.0 Å². The molecule has 3 aromatic rings. The van der Waals surface area contributed by atoms with Gasteiger partial charge in [-0.05, 0) is 29.6 Å². The summed E-state index contributed by atoms with van der Waals surface area (Å²) in [5, 5.41) is 2.70. The van der Waals surface area contributed by atoms with Crippen molar-refractivity contribution in [1.82, 2.24) is 4.57 Å². The van der Waals surface area contributed by atoms with E-state index in [2.05, 4.69) is 15.9 Å². The largest absolute Gasteiger partial charge is 0.398 e. The number of thiophene rings is 1. The molecule has 0 aliphatic rings. The van der Waals surface area contributed by atoms with Crippen molar-refractivity contribution in [1.29, 1.82) is 0 Å². The molecule has 0 saturated carbocycles. The number of hydrogen-bond donors (Lipinski definition) is 1. The van der Waals surface area contributed by atoms with Gasteiger partial charge in [0, 0.05) is 26.6 Å². The Morgan fingerprint density at radius 2 is 2.11 bits per heavy atom. The Balaban J connectivity index is 2.11. The molecule has 5 heteroatoms. The van der Waals surface area contributed by atoms with Gasteiger partial charge in [-0.25, -0.2) is 0 Å². The van der Waals surface area contributed by atoms with Crippen molar-refractivity contribution in [2.24, 2.45) is 0 Å². The maximum atomic E-state index is 12.3. The van der Waals surface area contributed by atoms with E-state index < -0.39 is 0 Å². The van der Waals surface area contributed by atoms with Crippen molar-refractivity contribution in [2.45, 2.75) is 6.54 Å². The van der Waals surface area contributed by atoms with Crippen LogP contribution in [-0.4, -0.2) is 4.57 Å². The summed E-state index contributed by atoms with van der Waals surface area (Å²) >= 11 is 5.05. The fraction of sp³-hybridized carbons (Fsp3) is 0.0714. The molecular weight excluding hydrogens is 324 g/mol. The summed E-state index contributed by atoms with van der Waals surface area (Å²) in [6.07, 6.45) is 1.82. The van der Waals surface area contributed by atoms with Crippen LogP contribution in [0, 0.1) is 0 Å². The molecule has 0 unspecified atom stereocenters. The highest BCUT2D eigenvalue weighted by Gasteiger charge is 2.08. The van der Waals surface area contributed by atoms with Gasteiger partial charge in [0.05, 0.1) is 11.9 Å². The third kappa shape index (κ3) is 2.19. The summed E-state index contributed by atoms with van der Waals surface area (Å²) < 4.78 is 3.62. The van der Waals surface area contributed by atoms with Gasteiger partial charge in [-0.2, -0.15) is 0 Å². The Hall–Kier alpha value is -1.59. The van der Waals surface area contributed by atoms with Gasteiger partial charge in [0.25, 0.3) is 5.56 Å². The average molecular weight is 335 g/mol. The van der Waals surface area contributed by atoms with Gasteiger partial charge in [-0.3, -0.25) is 4.79 Å². The highest BCUT2D eigenvalue weighted by Crippen LogP contribution is 2.23. The molecule has 19 heavy (non-hydrogen) atoms. The summed E-state index contributed by atoms with van der Waals surface area (Å²) in [7, 11) is 0. The minimum Gasteiger partial charge on any atom is -0.398 e. The Morgan fingerprint density at radius 1 is 1.26 bits per heavy atom. The van der Waals surface area contributed by atoms with Crippen molar-refractivity contribution in [3.05, 3.63) is 62.3 Å². The molecule has 0 spiro atoms. The monoisotopic (exact) mass is 334 g/mol. The maximum absolute atomic E-state index is 12.3. The lowest BCUT2D eigenvalue weighted by Gasteiger charge is -2.10. The molecule has 96 valence electrons. The summed E-state index contributed by atoms with van der Waals surface area (Å²) in [4.78, 5) is 12.3. The second kappa shape index (κ2) is 4.83. The minimum atomic E-state index is 0.0221. The fourth-order valence-electron chi connectivity index (χ4n) is 2.04. The van der Waals surface area contributed by atoms with Crippen LogP contribution in [0.3, 0.4) is 0 Å². The van der Waals surface area contributed by atoms with E-state index in [0.717, 1.165) is 20.1 Å². The van der Waals surface area contributed by atoms with Crippen LogP contribution in [0.15, 0.2) is 51.2 Å². The topological polar surface area (TPSA) is 48.0 Å². The Morgan fingerprint density at radius 3 is 2.89 bits per heavy atom. The highest BCUT2D eigenvalue weighted by atomic mass is 79.9. The van der Waals surface area contributed by atoms with Gasteiger partial charge < -0.3 is 10.3 Å². The van der Waals surface area contributed by atoms with Crippen LogP contribution in [0.5, 0.6) is 0 Å². The van der Waals surface area contributed by atoms with Gasteiger partial charge in [0.2, 0.25) is 0 Å². The van der Waals surface area contributed by atoms with Gasteiger partial charge in [-0.15, -0.1) is 11.3 Å². The third-order valence-corrected chi connectivity index (χ3v) is 4.70. The van der Waals surface area contributed by atoms with E-state index in [-0.39, 0.29) is 5.56 Å².